The normalized spacial score (nSPS) is 18.2. The van der Waals surface area contributed by atoms with Crippen molar-refractivity contribution in [3.8, 4) is 0 Å². The second-order valence-corrected chi connectivity index (χ2v) is 10.0. The van der Waals surface area contributed by atoms with Gasteiger partial charge in [-0.15, -0.1) is 0 Å². The molecule has 0 radical (unpaired) electrons. The summed E-state index contributed by atoms with van der Waals surface area (Å²) in [7, 11) is 0. The minimum Gasteiger partial charge on any atom is -0.460 e. The summed E-state index contributed by atoms with van der Waals surface area (Å²) in [6, 6.07) is 31.1. The zero-order valence-electron chi connectivity index (χ0n) is 21.2. The van der Waals surface area contributed by atoms with Gasteiger partial charge in [-0.25, -0.2) is 4.79 Å². The van der Waals surface area contributed by atoms with E-state index in [1.54, 1.807) is 12.1 Å². The largest absolute Gasteiger partial charge is 0.460 e. The van der Waals surface area contributed by atoms with Gasteiger partial charge in [0, 0.05) is 17.9 Å². The van der Waals surface area contributed by atoms with Crippen molar-refractivity contribution in [3.05, 3.63) is 119 Å². The van der Waals surface area contributed by atoms with Crippen LogP contribution in [-0.4, -0.2) is 24.0 Å². The first-order chi connectivity index (χ1) is 18.1. The Morgan fingerprint density at radius 1 is 0.838 bits per heavy atom. The van der Waals surface area contributed by atoms with Crippen LogP contribution in [0.1, 0.15) is 58.6 Å². The molecule has 1 fully saturated rings. The van der Waals surface area contributed by atoms with Crippen LogP contribution in [0.15, 0.2) is 97.1 Å². The molecule has 4 aromatic rings. The average molecular weight is 492 g/mol. The van der Waals surface area contributed by atoms with Gasteiger partial charge in [-0.3, -0.25) is 4.79 Å². The van der Waals surface area contributed by atoms with Crippen molar-refractivity contribution in [1.82, 2.24) is 5.32 Å². The van der Waals surface area contributed by atoms with Crippen molar-refractivity contribution < 1.29 is 14.3 Å². The Balaban J connectivity index is 1.39. The monoisotopic (exact) mass is 491 g/mol. The number of hydrogen-bond acceptors (Lipinski definition) is 3. The second-order valence-electron chi connectivity index (χ2n) is 10.0. The van der Waals surface area contributed by atoms with E-state index < -0.39 is 6.04 Å². The maximum absolute atomic E-state index is 13.7. The Labute approximate surface area is 218 Å². The third kappa shape index (κ3) is 5.91. The highest BCUT2D eigenvalue weighted by atomic mass is 16.5. The van der Waals surface area contributed by atoms with Crippen LogP contribution in [0.5, 0.6) is 0 Å². The first-order valence-corrected chi connectivity index (χ1v) is 13.2. The summed E-state index contributed by atoms with van der Waals surface area (Å²) in [6.07, 6.45) is 4.09. The standard InChI is InChI=1S/C33H33NO3/c1-23-18-20-24(21-19-23)22-30(34-32(35)26-11-3-2-4-12-26)33(36)37-31-17-8-7-15-29(31)28-16-9-13-25-10-5-6-14-27(25)28/h2-6,9-14,16,18-21,29-31H,7-8,15,17,22H2,1H3,(H,34,35)/t29-,30?,31+/m1/s1. The quantitative estimate of drug-likeness (QED) is 0.291. The molecular weight excluding hydrogens is 458 g/mol. The molecule has 0 aliphatic heterocycles. The van der Waals surface area contributed by atoms with Crippen molar-refractivity contribution in [3.63, 3.8) is 0 Å². The van der Waals surface area contributed by atoms with E-state index >= 15 is 0 Å². The summed E-state index contributed by atoms with van der Waals surface area (Å²) in [6.45, 7) is 2.03. The Bertz CT molecular complexity index is 1360. The SMILES string of the molecule is Cc1ccc(CC(NC(=O)c2ccccc2)C(=O)O[C@H]2CCCC[C@@H]2c2cccc3ccccc23)cc1. The van der Waals surface area contributed by atoms with E-state index in [-0.39, 0.29) is 23.9 Å². The lowest BCUT2D eigenvalue weighted by atomic mass is 9.80. The molecule has 4 aromatic carbocycles. The molecule has 1 N–H and O–H groups in total. The van der Waals surface area contributed by atoms with E-state index in [9.17, 15) is 9.59 Å². The molecule has 37 heavy (non-hydrogen) atoms. The van der Waals surface area contributed by atoms with Gasteiger partial charge in [0.05, 0.1) is 0 Å². The van der Waals surface area contributed by atoms with E-state index in [0.717, 1.165) is 36.8 Å². The number of rotatable bonds is 7. The summed E-state index contributed by atoms with van der Waals surface area (Å²) in [4.78, 5) is 26.7. The summed E-state index contributed by atoms with van der Waals surface area (Å²) in [5.41, 5.74) is 3.89. The Morgan fingerprint density at radius 2 is 1.54 bits per heavy atom. The van der Waals surface area contributed by atoms with Crippen molar-refractivity contribution in [2.75, 3.05) is 0 Å². The highest BCUT2D eigenvalue weighted by Gasteiger charge is 2.33. The third-order valence-corrected chi connectivity index (χ3v) is 7.38. The molecule has 1 amide bonds. The lowest BCUT2D eigenvalue weighted by Crippen LogP contribution is -2.45. The predicted molar refractivity (Wildman–Crippen MR) is 148 cm³/mol. The number of carbonyl (C=O) groups excluding carboxylic acids is 2. The number of ether oxygens (including phenoxy) is 1. The van der Waals surface area contributed by atoms with Crippen molar-refractivity contribution >= 4 is 22.6 Å². The number of nitrogens with one attached hydrogen (secondary N) is 1. The number of amides is 1. The molecule has 3 atom stereocenters. The van der Waals surface area contributed by atoms with E-state index in [4.69, 9.17) is 4.74 Å². The van der Waals surface area contributed by atoms with Crippen LogP contribution in [0.25, 0.3) is 10.8 Å². The molecule has 5 rings (SSSR count). The summed E-state index contributed by atoms with van der Waals surface area (Å²) >= 11 is 0. The number of fused-ring (bicyclic) bond motifs is 1. The molecule has 1 aliphatic carbocycles. The predicted octanol–water partition coefficient (Wildman–Crippen LogP) is 6.76. The molecule has 188 valence electrons. The summed E-state index contributed by atoms with van der Waals surface area (Å²) in [5, 5.41) is 5.37. The number of carbonyl (C=O) groups is 2. The minimum absolute atomic E-state index is 0.133. The summed E-state index contributed by atoms with van der Waals surface area (Å²) < 4.78 is 6.25. The first kappa shape index (κ1) is 24.8. The van der Waals surface area contributed by atoms with Crippen LogP contribution in [0.3, 0.4) is 0 Å². The lowest BCUT2D eigenvalue weighted by molar-refractivity contribution is -0.154. The zero-order chi connectivity index (χ0) is 25.6. The molecule has 4 heteroatoms. The number of esters is 1. The van der Waals surface area contributed by atoms with Crippen LogP contribution >= 0.6 is 0 Å². The lowest BCUT2D eigenvalue weighted by Gasteiger charge is -2.33. The van der Waals surface area contributed by atoms with Gasteiger partial charge >= 0.3 is 5.97 Å². The Hall–Kier alpha value is -3.92. The number of benzene rings is 4. The highest BCUT2D eigenvalue weighted by Crippen LogP contribution is 2.38. The van der Waals surface area contributed by atoms with E-state index in [0.29, 0.717) is 12.0 Å². The Kier molecular flexibility index (Phi) is 7.65. The van der Waals surface area contributed by atoms with Crippen LogP contribution in [0, 0.1) is 6.92 Å². The molecule has 0 aromatic heterocycles. The van der Waals surface area contributed by atoms with Gasteiger partial charge < -0.3 is 10.1 Å². The zero-order valence-corrected chi connectivity index (χ0v) is 21.2. The van der Waals surface area contributed by atoms with Gasteiger partial charge in [0.1, 0.15) is 12.1 Å². The van der Waals surface area contributed by atoms with Crippen molar-refractivity contribution in [1.29, 1.82) is 0 Å². The molecule has 0 bridgehead atoms. The van der Waals surface area contributed by atoms with Crippen LogP contribution in [-0.2, 0) is 16.0 Å². The van der Waals surface area contributed by atoms with E-state index in [2.05, 4.69) is 47.8 Å². The smallest absolute Gasteiger partial charge is 0.329 e. The fraction of sp³-hybridized carbons (Fsp3) is 0.273. The first-order valence-electron chi connectivity index (χ1n) is 13.2. The van der Waals surface area contributed by atoms with Crippen molar-refractivity contribution in [2.45, 2.75) is 57.1 Å². The van der Waals surface area contributed by atoms with Crippen molar-refractivity contribution in [2.24, 2.45) is 0 Å². The van der Waals surface area contributed by atoms with Gasteiger partial charge in [0.25, 0.3) is 5.91 Å². The molecule has 0 spiro atoms. The fourth-order valence-electron chi connectivity index (χ4n) is 5.38. The van der Waals surface area contributed by atoms with Gasteiger partial charge in [-0.2, -0.15) is 0 Å². The average Bonchev–Trinajstić information content (AvgIpc) is 2.94. The number of hydrogen-bond donors (Lipinski definition) is 1. The molecule has 4 nitrogen and oxygen atoms in total. The van der Waals surface area contributed by atoms with Crippen LogP contribution < -0.4 is 5.32 Å². The topological polar surface area (TPSA) is 55.4 Å². The van der Waals surface area contributed by atoms with Crippen LogP contribution in [0.4, 0.5) is 0 Å². The molecule has 0 saturated heterocycles. The molecule has 0 heterocycles. The highest BCUT2D eigenvalue weighted by molar-refractivity contribution is 5.96. The maximum atomic E-state index is 13.7. The molecule has 1 aliphatic rings. The van der Waals surface area contributed by atoms with Gasteiger partial charge in [-0.05, 0) is 60.2 Å². The molecule has 1 saturated carbocycles. The summed E-state index contributed by atoms with van der Waals surface area (Å²) in [5.74, 6) is -0.514. The number of aryl methyl sites for hydroxylation is 1. The van der Waals surface area contributed by atoms with E-state index in [1.165, 1.54) is 16.3 Å². The van der Waals surface area contributed by atoms with Gasteiger partial charge in [0.15, 0.2) is 0 Å². The molecule has 1 unspecified atom stereocenters. The van der Waals surface area contributed by atoms with Gasteiger partial charge in [-0.1, -0.05) is 96.9 Å². The van der Waals surface area contributed by atoms with Crippen LogP contribution in [0.2, 0.25) is 0 Å². The minimum atomic E-state index is -0.773. The maximum Gasteiger partial charge on any atom is 0.329 e. The van der Waals surface area contributed by atoms with Gasteiger partial charge in [0.2, 0.25) is 0 Å². The molecular formula is C33H33NO3. The third-order valence-electron chi connectivity index (χ3n) is 7.38. The Morgan fingerprint density at radius 3 is 2.35 bits per heavy atom. The second kappa shape index (κ2) is 11.4. The fourth-order valence-corrected chi connectivity index (χ4v) is 5.38. The van der Waals surface area contributed by atoms with E-state index in [1.807, 2.05) is 49.4 Å².